The molecule has 0 aromatic heterocycles. The Morgan fingerprint density at radius 2 is 1.75 bits per heavy atom. The molecule has 1 atom stereocenters. The van der Waals surface area contributed by atoms with Gasteiger partial charge in [-0.3, -0.25) is 0 Å². The number of allylic oxidation sites excluding steroid dienone is 4. The van der Waals surface area contributed by atoms with Crippen LogP contribution in [-0.4, -0.2) is 6.61 Å². The van der Waals surface area contributed by atoms with E-state index in [-0.39, 0.29) is 5.75 Å². The number of hydrogen-bond acceptors (Lipinski definition) is 1. The quantitative estimate of drug-likeness (QED) is 0.245. The highest BCUT2D eigenvalue weighted by Gasteiger charge is 2.21. The highest BCUT2D eigenvalue weighted by Crippen LogP contribution is 2.36. The van der Waals surface area contributed by atoms with Crippen molar-refractivity contribution in [3.63, 3.8) is 0 Å². The Morgan fingerprint density at radius 3 is 2.41 bits per heavy atom. The van der Waals surface area contributed by atoms with Crippen molar-refractivity contribution in [1.29, 1.82) is 0 Å². The Labute approximate surface area is 193 Å². The van der Waals surface area contributed by atoms with Gasteiger partial charge in [0.05, 0.1) is 6.61 Å². The van der Waals surface area contributed by atoms with E-state index in [2.05, 4.69) is 31.7 Å². The Hall–Kier alpha value is -1.90. The maximum atomic E-state index is 14.6. The predicted molar refractivity (Wildman–Crippen MR) is 131 cm³/mol. The van der Waals surface area contributed by atoms with Crippen LogP contribution in [0.4, 0.5) is 8.78 Å². The van der Waals surface area contributed by atoms with E-state index >= 15 is 0 Å². The summed E-state index contributed by atoms with van der Waals surface area (Å²) in [7, 11) is 0. The first-order valence-electron chi connectivity index (χ1n) is 12.7. The fraction of sp³-hybridized carbons (Fsp3) is 0.586. The zero-order valence-electron chi connectivity index (χ0n) is 19.8. The fourth-order valence-electron chi connectivity index (χ4n) is 5.25. The molecular weight excluding hydrogens is 402 g/mol. The second-order valence-corrected chi connectivity index (χ2v) is 9.61. The molecule has 176 valence electrons. The summed E-state index contributed by atoms with van der Waals surface area (Å²) in [6.45, 7) is 6.21. The zero-order valence-corrected chi connectivity index (χ0v) is 19.8. The van der Waals surface area contributed by atoms with Crippen molar-refractivity contribution in [2.24, 2.45) is 17.8 Å². The Balaban J connectivity index is 1.44. The summed E-state index contributed by atoms with van der Waals surface area (Å²) in [4.78, 5) is 0. The molecule has 1 unspecified atom stereocenters. The molecule has 1 aromatic rings. The van der Waals surface area contributed by atoms with Gasteiger partial charge in [-0.2, -0.15) is 4.39 Å². The number of benzene rings is 1. The summed E-state index contributed by atoms with van der Waals surface area (Å²) in [5.41, 5.74) is 1.28. The highest BCUT2D eigenvalue weighted by molar-refractivity contribution is 5.67. The lowest BCUT2D eigenvalue weighted by atomic mass is 9.78. The Bertz CT molecular complexity index is 787. The highest BCUT2D eigenvalue weighted by atomic mass is 19.2. The second kappa shape index (κ2) is 13.0. The van der Waals surface area contributed by atoms with Crippen molar-refractivity contribution in [3.05, 3.63) is 60.2 Å². The molecule has 0 aliphatic heterocycles. The SMILES string of the molecule is C=CCCOc1ccc(C2=CCC(C=CCCC3CCC(CCC)CC3)CC2)c(F)c1F. The summed E-state index contributed by atoms with van der Waals surface area (Å²) >= 11 is 0. The van der Waals surface area contributed by atoms with Crippen LogP contribution in [0.3, 0.4) is 0 Å². The third-order valence-electron chi connectivity index (χ3n) is 7.24. The molecule has 0 N–H and O–H groups in total. The monoisotopic (exact) mass is 442 g/mol. The molecule has 0 amide bonds. The molecule has 0 radical (unpaired) electrons. The van der Waals surface area contributed by atoms with Gasteiger partial charge >= 0.3 is 0 Å². The minimum atomic E-state index is -0.891. The molecule has 1 aromatic carbocycles. The maximum Gasteiger partial charge on any atom is 0.201 e. The average molecular weight is 443 g/mol. The van der Waals surface area contributed by atoms with Crippen LogP contribution < -0.4 is 4.74 Å². The van der Waals surface area contributed by atoms with E-state index in [9.17, 15) is 8.78 Å². The molecule has 0 spiro atoms. The normalized spacial score (nSPS) is 23.8. The molecule has 0 heterocycles. The van der Waals surface area contributed by atoms with Gasteiger partial charge in [-0.25, -0.2) is 4.39 Å². The van der Waals surface area contributed by atoms with E-state index in [1.54, 1.807) is 18.2 Å². The Morgan fingerprint density at radius 1 is 1.00 bits per heavy atom. The standard InChI is InChI=1S/C29H40F2O/c1-3-5-21-32-27-20-19-26(28(30)29(27)31)25-17-15-24(16-18-25)10-7-6-9-23-13-11-22(8-4-2)12-14-23/h3,7,10,17,19-20,22-24H,1,4-6,8-9,11-16,18,21H2,2H3. The van der Waals surface area contributed by atoms with E-state index < -0.39 is 11.6 Å². The maximum absolute atomic E-state index is 14.6. The van der Waals surface area contributed by atoms with Crippen LogP contribution in [0, 0.1) is 29.4 Å². The first-order chi connectivity index (χ1) is 15.6. The minimum Gasteiger partial charge on any atom is -0.490 e. The van der Waals surface area contributed by atoms with Crippen molar-refractivity contribution in [2.75, 3.05) is 6.61 Å². The van der Waals surface area contributed by atoms with Crippen molar-refractivity contribution in [2.45, 2.75) is 84.0 Å². The van der Waals surface area contributed by atoms with E-state index in [1.807, 2.05) is 0 Å². The van der Waals surface area contributed by atoms with E-state index in [1.165, 1.54) is 51.4 Å². The molecule has 3 heteroatoms. The molecule has 3 rings (SSSR count). The molecule has 1 fully saturated rings. The van der Waals surface area contributed by atoms with Gasteiger partial charge in [0.2, 0.25) is 5.82 Å². The van der Waals surface area contributed by atoms with Gasteiger partial charge < -0.3 is 4.74 Å². The molecule has 2 aliphatic carbocycles. The summed E-state index contributed by atoms with van der Waals surface area (Å²) in [5.74, 6) is 0.687. The van der Waals surface area contributed by atoms with Crippen molar-refractivity contribution < 1.29 is 13.5 Å². The van der Waals surface area contributed by atoms with E-state index in [0.29, 0.717) is 24.5 Å². The van der Waals surface area contributed by atoms with Crippen LogP contribution in [0.1, 0.15) is 89.5 Å². The van der Waals surface area contributed by atoms with Gasteiger partial charge in [0.25, 0.3) is 0 Å². The smallest absolute Gasteiger partial charge is 0.201 e. The summed E-state index contributed by atoms with van der Waals surface area (Å²) in [6, 6.07) is 3.19. The molecular formula is C29H40F2O. The van der Waals surface area contributed by atoms with Gasteiger partial charge in [0.15, 0.2) is 11.6 Å². The first-order valence-corrected chi connectivity index (χ1v) is 12.7. The Kier molecular flexibility index (Phi) is 10.0. The molecule has 32 heavy (non-hydrogen) atoms. The minimum absolute atomic E-state index is 0.0239. The lowest BCUT2D eigenvalue weighted by Gasteiger charge is -2.28. The van der Waals surface area contributed by atoms with Crippen LogP contribution in [0.25, 0.3) is 5.57 Å². The molecule has 1 saturated carbocycles. The van der Waals surface area contributed by atoms with Gasteiger partial charge in [0.1, 0.15) is 0 Å². The largest absolute Gasteiger partial charge is 0.490 e. The number of hydrogen-bond donors (Lipinski definition) is 0. The topological polar surface area (TPSA) is 9.23 Å². The van der Waals surface area contributed by atoms with Crippen LogP contribution in [0.2, 0.25) is 0 Å². The van der Waals surface area contributed by atoms with Crippen molar-refractivity contribution in [1.82, 2.24) is 0 Å². The van der Waals surface area contributed by atoms with Crippen molar-refractivity contribution >= 4 is 5.57 Å². The fourth-order valence-corrected chi connectivity index (χ4v) is 5.25. The number of ether oxygens (including phenoxy) is 1. The van der Waals surface area contributed by atoms with E-state index in [0.717, 1.165) is 36.7 Å². The number of halogens is 2. The van der Waals surface area contributed by atoms with E-state index in [4.69, 9.17) is 4.74 Å². The molecule has 0 saturated heterocycles. The summed E-state index contributed by atoms with van der Waals surface area (Å²) in [6.07, 6.45) is 22.7. The summed E-state index contributed by atoms with van der Waals surface area (Å²) in [5, 5.41) is 0. The van der Waals surface area contributed by atoms with Crippen LogP contribution in [0.15, 0.2) is 43.0 Å². The second-order valence-electron chi connectivity index (χ2n) is 9.61. The summed E-state index contributed by atoms with van der Waals surface area (Å²) < 4.78 is 34.3. The third-order valence-corrected chi connectivity index (χ3v) is 7.24. The van der Waals surface area contributed by atoms with Gasteiger partial charge in [-0.1, -0.05) is 69.8 Å². The van der Waals surface area contributed by atoms with Gasteiger partial charge in [-0.05, 0) is 74.0 Å². The number of rotatable bonds is 11. The van der Waals surface area contributed by atoms with Gasteiger partial charge in [0, 0.05) is 5.56 Å². The first kappa shape index (κ1) is 24.7. The van der Waals surface area contributed by atoms with Crippen molar-refractivity contribution in [3.8, 4) is 5.75 Å². The predicted octanol–water partition coefficient (Wildman–Crippen LogP) is 9.05. The lowest BCUT2D eigenvalue weighted by molar-refractivity contribution is 0.253. The molecule has 1 nitrogen and oxygen atoms in total. The molecule has 0 bridgehead atoms. The lowest BCUT2D eigenvalue weighted by Crippen LogP contribution is -2.14. The van der Waals surface area contributed by atoms with Crippen LogP contribution >= 0.6 is 0 Å². The van der Waals surface area contributed by atoms with Gasteiger partial charge in [-0.15, -0.1) is 6.58 Å². The van der Waals surface area contributed by atoms with Crippen LogP contribution in [0.5, 0.6) is 5.75 Å². The average Bonchev–Trinajstić information content (AvgIpc) is 2.81. The zero-order chi connectivity index (χ0) is 22.8. The molecule has 2 aliphatic rings. The van der Waals surface area contributed by atoms with Crippen LogP contribution in [-0.2, 0) is 0 Å². The third kappa shape index (κ3) is 7.05.